The van der Waals surface area contributed by atoms with Crippen molar-refractivity contribution in [1.29, 1.82) is 0 Å². The molecule has 96 valence electrons. The smallest absolute Gasteiger partial charge is 0.335 e. The Balaban J connectivity index is 2.22. The molecule has 1 aromatic carbocycles. The molecule has 0 aliphatic carbocycles. The fourth-order valence-electron chi connectivity index (χ4n) is 2.42. The average Bonchev–Trinajstić information content (AvgIpc) is 2.45. The van der Waals surface area contributed by atoms with Gasteiger partial charge in [-0.05, 0) is 30.2 Å². The molecule has 1 aliphatic rings. The lowest BCUT2D eigenvalue weighted by Crippen LogP contribution is -2.14. The lowest BCUT2D eigenvalue weighted by atomic mass is 9.91. The Kier molecular flexibility index (Phi) is 2.71. The van der Waals surface area contributed by atoms with Gasteiger partial charge in [-0.15, -0.1) is 0 Å². The summed E-state index contributed by atoms with van der Waals surface area (Å²) in [5, 5.41) is 9.09. The Morgan fingerprint density at radius 1 is 1.37 bits per heavy atom. The van der Waals surface area contributed by atoms with Crippen molar-refractivity contribution in [3.63, 3.8) is 0 Å². The number of hydrogen-bond acceptors (Lipinski definition) is 3. The van der Waals surface area contributed by atoms with Crippen molar-refractivity contribution in [3.05, 3.63) is 47.8 Å². The van der Waals surface area contributed by atoms with E-state index in [1.807, 2.05) is 19.1 Å². The molecule has 1 aliphatic heterocycles. The Labute approximate surface area is 110 Å². The van der Waals surface area contributed by atoms with Crippen LogP contribution in [0, 0.1) is 0 Å². The third-order valence-corrected chi connectivity index (χ3v) is 3.36. The molecule has 4 nitrogen and oxygen atoms in total. The van der Waals surface area contributed by atoms with Gasteiger partial charge in [0.25, 0.3) is 0 Å². The number of aromatic carboxylic acids is 1. The predicted octanol–water partition coefficient (Wildman–Crippen LogP) is 3.29. The Morgan fingerprint density at radius 2 is 2.21 bits per heavy atom. The lowest BCUT2D eigenvalue weighted by Gasteiger charge is -2.28. The lowest BCUT2D eigenvalue weighted by molar-refractivity contribution is 0.0696. The maximum absolute atomic E-state index is 11.1. The van der Waals surface area contributed by atoms with E-state index >= 15 is 0 Å². The highest BCUT2D eigenvalue weighted by Crippen LogP contribution is 2.43. The second-order valence-corrected chi connectivity index (χ2v) is 4.49. The topological polar surface area (TPSA) is 59.4 Å². The van der Waals surface area contributed by atoms with Gasteiger partial charge in [0, 0.05) is 17.3 Å². The van der Waals surface area contributed by atoms with E-state index in [2.05, 4.69) is 4.98 Å². The van der Waals surface area contributed by atoms with E-state index in [1.165, 1.54) is 0 Å². The molecule has 1 atom stereocenters. The predicted molar refractivity (Wildman–Crippen MR) is 70.3 cm³/mol. The Hall–Kier alpha value is -2.36. The van der Waals surface area contributed by atoms with Gasteiger partial charge in [0.1, 0.15) is 11.9 Å². The van der Waals surface area contributed by atoms with Crippen molar-refractivity contribution in [2.45, 2.75) is 19.4 Å². The third kappa shape index (κ3) is 1.85. The summed E-state index contributed by atoms with van der Waals surface area (Å²) in [6, 6.07) is 7.07. The molecule has 0 radical (unpaired) electrons. The Morgan fingerprint density at radius 3 is 2.95 bits per heavy atom. The maximum Gasteiger partial charge on any atom is 0.335 e. The molecule has 1 unspecified atom stereocenters. The van der Waals surface area contributed by atoms with Gasteiger partial charge in [0.2, 0.25) is 0 Å². The quantitative estimate of drug-likeness (QED) is 0.894. The summed E-state index contributed by atoms with van der Waals surface area (Å²) in [6.45, 7) is 2.02. The molecule has 0 fully saturated rings. The zero-order valence-electron chi connectivity index (χ0n) is 10.5. The normalized spacial score (nSPS) is 16.2. The number of rotatable bonds is 2. The molecule has 4 heteroatoms. The SMILES string of the molecule is CCC1Oc2cnccc2-c2ccc(C(=O)O)cc21. The number of carboxylic acid groups (broad SMARTS) is 1. The second-order valence-electron chi connectivity index (χ2n) is 4.49. The van der Waals surface area contributed by atoms with E-state index in [-0.39, 0.29) is 6.10 Å². The number of hydrogen-bond donors (Lipinski definition) is 1. The fraction of sp³-hybridized carbons (Fsp3) is 0.200. The van der Waals surface area contributed by atoms with Gasteiger partial charge < -0.3 is 9.84 Å². The molecule has 19 heavy (non-hydrogen) atoms. The van der Waals surface area contributed by atoms with Crippen LogP contribution in [0.4, 0.5) is 0 Å². The summed E-state index contributed by atoms with van der Waals surface area (Å²) in [6.07, 6.45) is 4.07. The van der Waals surface area contributed by atoms with Gasteiger partial charge in [-0.1, -0.05) is 13.0 Å². The maximum atomic E-state index is 11.1. The summed E-state index contributed by atoms with van der Waals surface area (Å²) in [7, 11) is 0. The molecular formula is C15H13NO3. The number of carbonyl (C=O) groups is 1. The monoisotopic (exact) mass is 255 g/mol. The summed E-state index contributed by atoms with van der Waals surface area (Å²) in [5.74, 6) is -0.164. The van der Waals surface area contributed by atoms with Gasteiger partial charge in [0.15, 0.2) is 0 Å². The molecule has 3 rings (SSSR count). The van der Waals surface area contributed by atoms with E-state index in [9.17, 15) is 4.79 Å². The first-order valence-corrected chi connectivity index (χ1v) is 6.19. The van der Waals surface area contributed by atoms with Crippen LogP contribution in [0.25, 0.3) is 11.1 Å². The first-order chi connectivity index (χ1) is 9.20. The summed E-state index contributed by atoms with van der Waals surface area (Å²) >= 11 is 0. The zero-order chi connectivity index (χ0) is 13.4. The largest absolute Gasteiger partial charge is 0.483 e. The third-order valence-electron chi connectivity index (χ3n) is 3.36. The van der Waals surface area contributed by atoms with Crippen LogP contribution < -0.4 is 4.74 Å². The Bertz CT molecular complexity index is 652. The van der Waals surface area contributed by atoms with Crippen molar-refractivity contribution in [2.75, 3.05) is 0 Å². The van der Waals surface area contributed by atoms with E-state index in [4.69, 9.17) is 9.84 Å². The number of benzene rings is 1. The number of aromatic nitrogens is 1. The number of carboxylic acids is 1. The minimum Gasteiger partial charge on any atom is -0.483 e. The highest BCUT2D eigenvalue weighted by Gasteiger charge is 2.25. The number of ether oxygens (including phenoxy) is 1. The van der Waals surface area contributed by atoms with Crippen LogP contribution in [0.3, 0.4) is 0 Å². The molecule has 0 saturated carbocycles. The van der Waals surface area contributed by atoms with E-state index in [0.29, 0.717) is 5.56 Å². The van der Waals surface area contributed by atoms with Crippen molar-refractivity contribution in [2.24, 2.45) is 0 Å². The highest BCUT2D eigenvalue weighted by atomic mass is 16.5. The van der Waals surface area contributed by atoms with Crippen molar-refractivity contribution in [1.82, 2.24) is 4.98 Å². The van der Waals surface area contributed by atoms with Crippen LogP contribution in [0.15, 0.2) is 36.7 Å². The zero-order valence-corrected chi connectivity index (χ0v) is 10.5. The summed E-state index contributed by atoms with van der Waals surface area (Å²) < 4.78 is 5.89. The molecule has 1 N–H and O–H groups in total. The van der Waals surface area contributed by atoms with Crippen LogP contribution in [0.2, 0.25) is 0 Å². The van der Waals surface area contributed by atoms with Crippen LogP contribution in [-0.4, -0.2) is 16.1 Å². The van der Waals surface area contributed by atoms with E-state index < -0.39 is 5.97 Å². The summed E-state index contributed by atoms with van der Waals surface area (Å²) in [5.41, 5.74) is 3.21. The minimum absolute atomic E-state index is 0.119. The van der Waals surface area contributed by atoms with Crippen molar-refractivity contribution < 1.29 is 14.6 Å². The van der Waals surface area contributed by atoms with Crippen LogP contribution in [0.1, 0.15) is 35.4 Å². The second kappa shape index (κ2) is 4.39. The summed E-state index contributed by atoms with van der Waals surface area (Å²) in [4.78, 5) is 15.1. The molecule has 0 spiro atoms. The highest BCUT2D eigenvalue weighted by molar-refractivity contribution is 5.89. The molecule has 1 aromatic heterocycles. The van der Waals surface area contributed by atoms with E-state index in [0.717, 1.165) is 28.9 Å². The molecule has 2 aromatic rings. The first kappa shape index (κ1) is 11.7. The van der Waals surface area contributed by atoms with Gasteiger partial charge >= 0.3 is 5.97 Å². The number of nitrogens with zero attached hydrogens (tertiary/aromatic N) is 1. The average molecular weight is 255 g/mol. The molecule has 0 amide bonds. The molecule has 0 saturated heterocycles. The van der Waals surface area contributed by atoms with Crippen LogP contribution in [0.5, 0.6) is 5.75 Å². The van der Waals surface area contributed by atoms with Crippen LogP contribution in [-0.2, 0) is 0 Å². The van der Waals surface area contributed by atoms with Gasteiger partial charge in [-0.2, -0.15) is 0 Å². The minimum atomic E-state index is -0.918. The number of fused-ring (bicyclic) bond motifs is 3. The van der Waals surface area contributed by atoms with Gasteiger partial charge in [-0.3, -0.25) is 4.98 Å². The van der Waals surface area contributed by atoms with Crippen LogP contribution >= 0.6 is 0 Å². The van der Waals surface area contributed by atoms with Crippen molar-refractivity contribution >= 4 is 5.97 Å². The first-order valence-electron chi connectivity index (χ1n) is 6.19. The fourth-order valence-corrected chi connectivity index (χ4v) is 2.42. The molecule has 2 heterocycles. The molecular weight excluding hydrogens is 242 g/mol. The van der Waals surface area contributed by atoms with Gasteiger partial charge in [-0.25, -0.2) is 4.79 Å². The van der Waals surface area contributed by atoms with Gasteiger partial charge in [0.05, 0.1) is 11.8 Å². The molecule has 0 bridgehead atoms. The van der Waals surface area contributed by atoms with E-state index in [1.54, 1.807) is 24.5 Å². The standard InChI is InChI=1S/C15H13NO3/c1-2-13-12-7-9(15(17)18)3-4-10(12)11-5-6-16-8-14(11)19-13/h3-8,13H,2H2,1H3,(H,17,18). The number of pyridine rings is 1. The van der Waals surface area contributed by atoms with Crippen molar-refractivity contribution in [3.8, 4) is 16.9 Å².